The zero-order valence-corrected chi connectivity index (χ0v) is 32.2. The molecule has 0 saturated carbocycles. The number of aliphatic hydroxyl groups excluding tert-OH is 1. The standard InChI is InChI=1S/C32H33N11O10S3/c1-12-7-19(43-31(34-12)37-23(40-43)13(2)44)54-9-15-10-55-27-21(26(49)42(27)22(15)28(50)51)36-25(48)20(16-11-56-30(33)35-16)41-53-32(3,4)29(52)39-38-24(47)14-5-6-17(45)18(46)8-14/h5-8,11,13,21,27,44-46H,9-10H2,1-4H3,(H2,33,35)(H,36,48)(H,38,47)(H,39,52)(H,50,51)/t13?,21?,27-/m0/s1. The van der Waals surface area contributed by atoms with E-state index in [9.17, 15) is 44.4 Å². The summed E-state index contributed by atoms with van der Waals surface area (Å²) < 4.78 is 1.46. The molecule has 1 fully saturated rings. The maximum Gasteiger partial charge on any atom is 0.352 e. The van der Waals surface area contributed by atoms with Gasteiger partial charge in [-0.25, -0.2) is 14.8 Å². The van der Waals surface area contributed by atoms with Crippen molar-refractivity contribution < 1.29 is 49.2 Å². The monoisotopic (exact) mass is 827 g/mol. The van der Waals surface area contributed by atoms with Gasteiger partial charge in [-0.15, -0.1) is 40.0 Å². The number of fused-ring (bicyclic) bond motifs is 2. The number of β-lactam (4-membered cyclic amide) rings is 1. The minimum Gasteiger partial charge on any atom is -0.504 e. The number of carboxylic acids is 1. The Balaban J connectivity index is 1.14. The molecule has 5 heterocycles. The van der Waals surface area contributed by atoms with Gasteiger partial charge in [0.2, 0.25) is 5.60 Å². The predicted molar refractivity (Wildman–Crippen MR) is 200 cm³/mol. The van der Waals surface area contributed by atoms with Gasteiger partial charge in [0.25, 0.3) is 29.4 Å². The number of rotatable bonds is 12. The Morgan fingerprint density at radius 2 is 1.89 bits per heavy atom. The molecule has 24 heteroatoms. The van der Waals surface area contributed by atoms with Crippen molar-refractivity contribution in [3.8, 4) is 11.5 Å². The maximum absolute atomic E-state index is 13.7. The summed E-state index contributed by atoms with van der Waals surface area (Å²) in [6.45, 7) is 5.86. The Hall–Kier alpha value is -5.98. The Labute approximate surface area is 328 Å². The molecule has 0 aliphatic carbocycles. The molecule has 0 spiro atoms. The van der Waals surface area contributed by atoms with Gasteiger partial charge >= 0.3 is 5.97 Å². The third-order valence-electron chi connectivity index (χ3n) is 8.15. The number of aromatic nitrogens is 5. The SMILES string of the molecule is Cc1cc(SCC2=C(C(=O)O)N3C(=O)C(NC(=O)C(=NOC(C)(C)C(=O)NNC(=O)c4ccc(O)c(O)c4)c4csc(N)n4)[C@@H]3SC2)n2nc(C(C)O)nc2n1. The molecule has 4 aromatic rings. The van der Waals surface area contributed by atoms with Crippen molar-refractivity contribution >= 4 is 81.1 Å². The van der Waals surface area contributed by atoms with E-state index in [-0.39, 0.29) is 45.2 Å². The molecule has 21 nitrogen and oxygen atoms in total. The van der Waals surface area contributed by atoms with E-state index >= 15 is 0 Å². The van der Waals surface area contributed by atoms with Crippen LogP contribution in [-0.2, 0) is 24.0 Å². The smallest absolute Gasteiger partial charge is 0.352 e. The molecule has 56 heavy (non-hydrogen) atoms. The van der Waals surface area contributed by atoms with Crippen molar-refractivity contribution in [1.29, 1.82) is 0 Å². The molecule has 2 unspecified atom stereocenters. The molecule has 2 aliphatic heterocycles. The number of carbonyl (C=O) groups is 5. The van der Waals surface area contributed by atoms with Crippen molar-refractivity contribution in [2.24, 2.45) is 5.16 Å². The van der Waals surface area contributed by atoms with E-state index in [2.05, 4.69) is 41.4 Å². The van der Waals surface area contributed by atoms with Gasteiger partial charge in [0, 0.05) is 28.1 Å². The number of carbonyl (C=O) groups excluding carboxylic acids is 4. The van der Waals surface area contributed by atoms with Crippen LogP contribution in [0.4, 0.5) is 5.13 Å². The van der Waals surface area contributed by atoms with E-state index in [1.807, 2.05) is 0 Å². The number of nitrogen functional groups attached to an aromatic ring is 1. The molecule has 4 amide bonds. The van der Waals surface area contributed by atoms with E-state index in [1.165, 1.54) is 60.3 Å². The van der Waals surface area contributed by atoms with Gasteiger partial charge in [-0.2, -0.15) is 9.50 Å². The van der Waals surface area contributed by atoms with Crippen molar-refractivity contribution in [3.63, 3.8) is 0 Å². The first-order chi connectivity index (χ1) is 26.4. The molecule has 0 radical (unpaired) electrons. The van der Waals surface area contributed by atoms with E-state index < -0.39 is 69.9 Å². The second kappa shape index (κ2) is 15.6. The van der Waals surface area contributed by atoms with Crippen LogP contribution in [-0.4, -0.2) is 114 Å². The number of nitrogens with two attached hydrogens (primary N) is 1. The number of carboxylic acid groups (broad SMARTS) is 1. The summed E-state index contributed by atoms with van der Waals surface area (Å²) >= 11 is 3.48. The summed E-state index contributed by atoms with van der Waals surface area (Å²) in [5, 5.41) is 51.3. The minimum absolute atomic E-state index is 0.0413. The lowest BCUT2D eigenvalue weighted by Crippen LogP contribution is -2.71. The topological polar surface area (TPSA) is 309 Å². The highest BCUT2D eigenvalue weighted by atomic mass is 32.2. The van der Waals surface area contributed by atoms with Crippen LogP contribution in [0.25, 0.3) is 5.78 Å². The van der Waals surface area contributed by atoms with Gasteiger partial charge in [0.05, 0.1) is 0 Å². The number of aryl methyl sites for hydroxylation is 1. The van der Waals surface area contributed by atoms with Crippen LogP contribution in [0.3, 0.4) is 0 Å². The second-order valence-electron chi connectivity index (χ2n) is 12.7. The largest absolute Gasteiger partial charge is 0.504 e. The van der Waals surface area contributed by atoms with Crippen LogP contribution in [0.5, 0.6) is 11.5 Å². The molecule has 2 aliphatic rings. The molecular weight excluding hydrogens is 795 g/mol. The lowest BCUT2D eigenvalue weighted by Gasteiger charge is -2.49. The molecular formula is C32H33N11O10S3. The number of hydrogen-bond donors (Lipinski definition) is 8. The lowest BCUT2D eigenvalue weighted by molar-refractivity contribution is -0.150. The van der Waals surface area contributed by atoms with Gasteiger partial charge in [-0.05, 0) is 57.5 Å². The highest BCUT2D eigenvalue weighted by Gasteiger charge is 2.54. The number of nitrogens with zero attached hydrogens (tertiary/aromatic N) is 7. The fraction of sp³-hybridized carbons (Fsp3) is 0.312. The third-order valence-corrected chi connectivity index (χ3v) is 11.2. The van der Waals surface area contributed by atoms with E-state index in [1.54, 1.807) is 13.0 Å². The molecule has 3 aromatic heterocycles. The van der Waals surface area contributed by atoms with Gasteiger partial charge in [0.1, 0.15) is 33.9 Å². The van der Waals surface area contributed by atoms with Gasteiger partial charge in [0.15, 0.2) is 28.2 Å². The number of amides is 4. The lowest BCUT2D eigenvalue weighted by atomic mass is 10.0. The van der Waals surface area contributed by atoms with Crippen molar-refractivity contribution in [1.82, 2.24) is 45.6 Å². The normalized spacial score (nSPS) is 17.6. The predicted octanol–water partition coefficient (Wildman–Crippen LogP) is 0.427. The number of oxime groups is 1. The molecule has 3 atom stereocenters. The van der Waals surface area contributed by atoms with Crippen LogP contribution in [0.15, 0.2) is 51.1 Å². The van der Waals surface area contributed by atoms with E-state index in [4.69, 9.17) is 10.6 Å². The number of anilines is 1. The summed E-state index contributed by atoms with van der Waals surface area (Å²) in [5.74, 6) is -4.87. The summed E-state index contributed by atoms with van der Waals surface area (Å²) in [6, 6.07) is 3.86. The average molecular weight is 828 g/mol. The number of hydrogen-bond acceptors (Lipinski definition) is 18. The van der Waals surface area contributed by atoms with Gasteiger partial charge in [-0.3, -0.25) is 34.9 Å². The summed E-state index contributed by atoms with van der Waals surface area (Å²) in [4.78, 5) is 84.3. The molecule has 9 N–H and O–H groups in total. The number of aliphatic hydroxyl groups is 1. The zero-order valence-electron chi connectivity index (χ0n) is 29.7. The van der Waals surface area contributed by atoms with Crippen molar-refractivity contribution in [2.75, 3.05) is 17.2 Å². The van der Waals surface area contributed by atoms with Crippen molar-refractivity contribution in [2.45, 2.75) is 55.8 Å². The van der Waals surface area contributed by atoms with Gasteiger partial charge < -0.3 is 36.3 Å². The third kappa shape index (κ3) is 8.02. The van der Waals surface area contributed by atoms with Crippen LogP contribution >= 0.6 is 34.9 Å². The minimum atomic E-state index is -1.82. The van der Waals surface area contributed by atoms with E-state index in [0.29, 0.717) is 16.3 Å². The Kier molecular flexibility index (Phi) is 11.1. The highest BCUT2D eigenvalue weighted by molar-refractivity contribution is 8.01. The van der Waals surface area contributed by atoms with Gasteiger partial charge in [-0.1, -0.05) is 5.16 Å². The zero-order chi connectivity index (χ0) is 40.6. The Morgan fingerprint density at radius 1 is 1.14 bits per heavy atom. The Morgan fingerprint density at radius 3 is 2.55 bits per heavy atom. The molecule has 6 rings (SSSR count). The van der Waals surface area contributed by atoms with Crippen LogP contribution in [0.2, 0.25) is 0 Å². The number of benzene rings is 1. The summed E-state index contributed by atoms with van der Waals surface area (Å²) in [5.41, 5.74) is 8.56. The highest BCUT2D eigenvalue weighted by Crippen LogP contribution is 2.42. The number of aromatic hydroxyl groups is 2. The van der Waals surface area contributed by atoms with Crippen LogP contribution < -0.4 is 21.9 Å². The van der Waals surface area contributed by atoms with E-state index in [0.717, 1.165) is 28.4 Å². The summed E-state index contributed by atoms with van der Waals surface area (Å²) in [6.07, 6.45) is -0.931. The first-order valence-corrected chi connectivity index (χ1v) is 19.2. The molecule has 1 saturated heterocycles. The number of nitrogens with one attached hydrogen (secondary N) is 3. The number of hydrazine groups is 1. The number of thiazole rings is 1. The quantitative estimate of drug-likeness (QED) is 0.0240. The number of thioether (sulfide) groups is 2. The number of phenolic OH excluding ortho intramolecular Hbond substituents is 2. The fourth-order valence-corrected chi connectivity index (χ4v) is 8.30. The maximum atomic E-state index is 13.7. The number of aliphatic carboxylic acids is 1. The first-order valence-electron chi connectivity index (χ1n) is 16.3. The average Bonchev–Trinajstić information content (AvgIpc) is 3.78. The first kappa shape index (κ1) is 39.7. The van der Waals surface area contributed by atoms with Crippen LogP contribution in [0.1, 0.15) is 54.4 Å². The van der Waals surface area contributed by atoms with Crippen LogP contribution in [0, 0.1) is 6.92 Å². The molecule has 0 bridgehead atoms. The van der Waals surface area contributed by atoms with Crippen molar-refractivity contribution in [3.05, 3.63) is 63.7 Å². The Bertz CT molecular complexity index is 2340. The second-order valence-corrected chi connectivity index (χ2v) is 15.7. The fourth-order valence-electron chi connectivity index (χ4n) is 5.22. The molecule has 1 aromatic carbocycles. The molecule has 294 valence electrons. The summed E-state index contributed by atoms with van der Waals surface area (Å²) in [7, 11) is 0. The number of phenols is 2.